The Hall–Kier alpha value is 0.730. The van der Waals surface area contributed by atoms with Crippen molar-refractivity contribution in [3.8, 4) is 0 Å². The highest BCUT2D eigenvalue weighted by molar-refractivity contribution is 9.08. The third-order valence-corrected chi connectivity index (χ3v) is 1.13. The van der Waals surface area contributed by atoms with Gasteiger partial charge in [-0.2, -0.15) is 0 Å². The molecule has 40 valence electrons. The van der Waals surface area contributed by atoms with Gasteiger partial charge < -0.3 is 0 Å². The highest BCUT2D eigenvalue weighted by Gasteiger charge is 1.78. The summed E-state index contributed by atoms with van der Waals surface area (Å²) in [6, 6.07) is 0.551. The molecule has 6 heavy (non-hydrogen) atoms. The number of rotatable bonds is 1. The average Bonchev–Trinajstić information content (AvgIpc) is 1.38. The van der Waals surface area contributed by atoms with Crippen LogP contribution in [0.5, 0.6) is 0 Å². The van der Waals surface area contributed by atoms with Gasteiger partial charge in [0.2, 0.25) is 0 Å². The van der Waals surface area contributed by atoms with Crippen LogP contribution in [0.3, 0.4) is 0 Å². The molecular weight excluding hydrogens is 165 g/mol. The Balaban J connectivity index is 0. The van der Waals surface area contributed by atoms with E-state index in [-0.39, 0.29) is 12.4 Å². The van der Waals surface area contributed by atoms with Crippen LogP contribution in [0.15, 0.2) is 0 Å². The first-order valence-electron chi connectivity index (χ1n) is 1.63. The highest BCUT2D eigenvalue weighted by Crippen LogP contribution is 1.76. The third-order valence-electron chi connectivity index (χ3n) is 0.218. The van der Waals surface area contributed by atoms with Crippen molar-refractivity contribution in [1.29, 1.82) is 0 Å². The SMILES string of the molecule is CC(C)NBr.Cl. The molecule has 3 heteroatoms. The van der Waals surface area contributed by atoms with E-state index in [2.05, 4.69) is 34.3 Å². The van der Waals surface area contributed by atoms with E-state index in [1.54, 1.807) is 0 Å². The van der Waals surface area contributed by atoms with Crippen molar-refractivity contribution in [3.63, 3.8) is 0 Å². The minimum atomic E-state index is 0. The van der Waals surface area contributed by atoms with Gasteiger partial charge in [-0.3, -0.25) is 4.34 Å². The molecule has 0 fully saturated rings. The van der Waals surface area contributed by atoms with Crippen molar-refractivity contribution in [1.82, 2.24) is 4.34 Å². The van der Waals surface area contributed by atoms with Gasteiger partial charge in [-0.05, 0) is 13.8 Å². The van der Waals surface area contributed by atoms with E-state index in [4.69, 9.17) is 0 Å². The second-order valence-corrected chi connectivity index (χ2v) is 1.72. The number of hydrogen-bond donors (Lipinski definition) is 1. The van der Waals surface area contributed by atoms with Gasteiger partial charge in [0.25, 0.3) is 0 Å². The van der Waals surface area contributed by atoms with Crippen LogP contribution in [-0.2, 0) is 0 Å². The lowest BCUT2D eigenvalue weighted by Gasteiger charge is -1.92. The van der Waals surface area contributed by atoms with Crippen molar-refractivity contribution >= 4 is 28.6 Å². The zero-order chi connectivity index (χ0) is 4.28. The molecule has 0 atom stereocenters. The molecule has 0 aromatic heterocycles. The topological polar surface area (TPSA) is 12.0 Å². The summed E-state index contributed by atoms with van der Waals surface area (Å²) in [5.41, 5.74) is 0. The molecule has 0 rings (SSSR count). The fourth-order valence-electron chi connectivity index (χ4n) is 0. The Bertz CT molecular complexity index is 24.8. The zero-order valence-corrected chi connectivity index (χ0v) is 6.27. The summed E-state index contributed by atoms with van der Waals surface area (Å²) in [4.78, 5) is 0. The lowest BCUT2D eigenvalue weighted by Crippen LogP contribution is -2.08. The Morgan fingerprint density at radius 3 is 1.67 bits per heavy atom. The minimum absolute atomic E-state index is 0. The zero-order valence-electron chi connectivity index (χ0n) is 3.86. The van der Waals surface area contributed by atoms with Crippen LogP contribution in [-0.4, -0.2) is 6.04 Å². The molecule has 0 saturated heterocycles. The van der Waals surface area contributed by atoms with Crippen molar-refractivity contribution in [3.05, 3.63) is 0 Å². The number of hydrogen-bond acceptors (Lipinski definition) is 1. The van der Waals surface area contributed by atoms with Crippen LogP contribution in [0.4, 0.5) is 0 Å². The summed E-state index contributed by atoms with van der Waals surface area (Å²) in [6.45, 7) is 4.13. The van der Waals surface area contributed by atoms with Gasteiger partial charge in [0.1, 0.15) is 0 Å². The molecule has 0 amide bonds. The number of halogens is 2. The molecule has 0 unspecified atom stereocenters. The van der Waals surface area contributed by atoms with E-state index < -0.39 is 0 Å². The van der Waals surface area contributed by atoms with Gasteiger partial charge in [0.15, 0.2) is 0 Å². The van der Waals surface area contributed by atoms with Crippen LogP contribution >= 0.6 is 28.6 Å². The quantitative estimate of drug-likeness (QED) is 0.597. The Kier molecular flexibility index (Phi) is 9.43. The maximum atomic E-state index is 3.06. The predicted octanol–water partition coefficient (Wildman–Crippen LogP) is 1.72. The van der Waals surface area contributed by atoms with Crippen LogP contribution in [0.1, 0.15) is 13.8 Å². The summed E-state index contributed by atoms with van der Waals surface area (Å²) in [7, 11) is 0. The van der Waals surface area contributed by atoms with Gasteiger partial charge in [0, 0.05) is 22.2 Å². The monoisotopic (exact) mass is 173 g/mol. The van der Waals surface area contributed by atoms with E-state index in [1.807, 2.05) is 0 Å². The van der Waals surface area contributed by atoms with Gasteiger partial charge in [-0.15, -0.1) is 12.4 Å². The maximum absolute atomic E-state index is 3.06. The minimum Gasteiger partial charge on any atom is -0.253 e. The lowest BCUT2D eigenvalue weighted by molar-refractivity contribution is 0.782. The van der Waals surface area contributed by atoms with Gasteiger partial charge >= 0.3 is 0 Å². The first-order chi connectivity index (χ1) is 2.27. The van der Waals surface area contributed by atoms with Crippen LogP contribution < -0.4 is 4.34 Å². The van der Waals surface area contributed by atoms with Crippen LogP contribution in [0, 0.1) is 0 Å². The largest absolute Gasteiger partial charge is 0.253 e. The van der Waals surface area contributed by atoms with E-state index in [1.165, 1.54) is 0 Å². The smallest absolute Gasteiger partial charge is 0.0118 e. The summed E-state index contributed by atoms with van der Waals surface area (Å²) < 4.78 is 2.84. The molecule has 0 heterocycles. The molecule has 1 nitrogen and oxygen atoms in total. The number of nitrogens with one attached hydrogen (secondary N) is 1. The molecule has 0 aliphatic rings. The predicted molar refractivity (Wildman–Crippen MR) is 34.4 cm³/mol. The molecule has 0 aliphatic carbocycles. The molecular formula is C3H9BrClN. The van der Waals surface area contributed by atoms with E-state index >= 15 is 0 Å². The standard InChI is InChI=1S/C3H8BrN.ClH/c1-3(2)5-4;/h3,5H,1-2H3;1H. The average molecular weight is 174 g/mol. The van der Waals surface area contributed by atoms with Crippen molar-refractivity contribution in [2.45, 2.75) is 19.9 Å². The van der Waals surface area contributed by atoms with Crippen molar-refractivity contribution < 1.29 is 0 Å². The second-order valence-electron chi connectivity index (χ2n) is 1.26. The summed E-state index contributed by atoms with van der Waals surface area (Å²) in [5.74, 6) is 0. The fraction of sp³-hybridized carbons (Fsp3) is 1.00. The molecule has 0 spiro atoms. The van der Waals surface area contributed by atoms with Crippen molar-refractivity contribution in [2.75, 3.05) is 0 Å². The van der Waals surface area contributed by atoms with Crippen LogP contribution in [0.25, 0.3) is 0 Å². The summed E-state index contributed by atoms with van der Waals surface area (Å²) in [6.07, 6.45) is 0. The fourth-order valence-corrected chi connectivity index (χ4v) is 0. The third kappa shape index (κ3) is 8.83. The normalized spacial score (nSPS) is 8.00. The van der Waals surface area contributed by atoms with Gasteiger partial charge in [0.05, 0.1) is 0 Å². The molecule has 0 aromatic carbocycles. The first kappa shape index (κ1) is 9.88. The molecule has 0 bridgehead atoms. The molecule has 0 aromatic rings. The van der Waals surface area contributed by atoms with Crippen molar-refractivity contribution in [2.24, 2.45) is 0 Å². The Morgan fingerprint density at radius 1 is 1.50 bits per heavy atom. The van der Waals surface area contributed by atoms with E-state index in [9.17, 15) is 0 Å². The summed E-state index contributed by atoms with van der Waals surface area (Å²) >= 11 is 3.06. The highest BCUT2D eigenvalue weighted by atomic mass is 79.9. The van der Waals surface area contributed by atoms with E-state index in [0.29, 0.717) is 6.04 Å². The Labute approximate surface area is 53.2 Å². The Morgan fingerprint density at radius 2 is 1.67 bits per heavy atom. The summed E-state index contributed by atoms with van der Waals surface area (Å²) in [5, 5.41) is 0. The van der Waals surface area contributed by atoms with Crippen LogP contribution in [0.2, 0.25) is 0 Å². The second kappa shape index (κ2) is 5.73. The molecule has 0 aliphatic heterocycles. The first-order valence-corrected chi connectivity index (χ1v) is 2.43. The lowest BCUT2D eigenvalue weighted by atomic mass is 10.4. The maximum Gasteiger partial charge on any atom is 0.0118 e. The molecule has 1 N–H and O–H groups in total. The van der Waals surface area contributed by atoms with E-state index in [0.717, 1.165) is 0 Å². The molecule has 0 radical (unpaired) electrons. The molecule has 0 saturated carbocycles. The van der Waals surface area contributed by atoms with Gasteiger partial charge in [-0.25, -0.2) is 0 Å². The van der Waals surface area contributed by atoms with Gasteiger partial charge in [-0.1, -0.05) is 0 Å².